The minimum atomic E-state index is 0.204. The number of aliphatic hydroxyl groups is 1. The van der Waals surface area contributed by atoms with E-state index in [2.05, 4.69) is 15.1 Å². The third kappa shape index (κ3) is 1.70. The van der Waals surface area contributed by atoms with Gasteiger partial charge in [0.25, 0.3) is 0 Å². The predicted molar refractivity (Wildman–Crippen MR) is 54.2 cm³/mol. The van der Waals surface area contributed by atoms with Gasteiger partial charge in [-0.3, -0.25) is 0 Å². The Labute approximate surface area is 83.6 Å². The molecule has 1 aromatic heterocycles. The molecular formula is C10H15N3O. The van der Waals surface area contributed by atoms with Crippen LogP contribution in [0.15, 0.2) is 12.1 Å². The van der Waals surface area contributed by atoms with Gasteiger partial charge in [-0.25, -0.2) is 0 Å². The van der Waals surface area contributed by atoms with E-state index in [-0.39, 0.29) is 12.6 Å². The summed E-state index contributed by atoms with van der Waals surface area (Å²) in [5, 5.41) is 17.3. The van der Waals surface area contributed by atoms with Crippen LogP contribution >= 0.6 is 0 Å². The van der Waals surface area contributed by atoms with E-state index in [9.17, 15) is 0 Å². The summed E-state index contributed by atoms with van der Waals surface area (Å²) < 4.78 is 0. The number of nitrogens with zero attached hydrogens (tertiary/aromatic N) is 3. The number of aliphatic hydroxyl groups excluding tert-OH is 1. The normalized spacial score (nSPS) is 21.6. The summed E-state index contributed by atoms with van der Waals surface area (Å²) in [7, 11) is 0. The quantitative estimate of drug-likeness (QED) is 0.753. The third-order valence-corrected chi connectivity index (χ3v) is 2.67. The van der Waals surface area contributed by atoms with Crippen LogP contribution in [0.25, 0.3) is 0 Å². The molecule has 1 saturated heterocycles. The van der Waals surface area contributed by atoms with Crippen LogP contribution in [-0.2, 0) is 0 Å². The fraction of sp³-hybridized carbons (Fsp3) is 0.600. The Morgan fingerprint density at radius 1 is 1.50 bits per heavy atom. The fourth-order valence-electron chi connectivity index (χ4n) is 1.87. The zero-order valence-electron chi connectivity index (χ0n) is 8.35. The summed E-state index contributed by atoms with van der Waals surface area (Å²) >= 11 is 0. The number of rotatable bonds is 2. The summed E-state index contributed by atoms with van der Waals surface area (Å²) in [6.45, 7) is 3.10. The molecule has 2 heterocycles. The summed E-state index contributed by atoms with van der Waals surface area (Å²) in [6, 6.07) is 4.15. The van der Waals surface area contributed by atoms with Crippen molar-refractivity contribution in [1.29, 1.82) is 0 Å². The van der Waals surface area contributed by atoms with Crippen molar-refractivity contribution in [2.75, 3.05) is 18.1 Å². The lowest BCUT2D eigenvalue weighted by molar-refractivity contribution is 0.266. The van der Waals surface area contributed by atoms with E-state index >= 15 is 0 Å². The van der Waals surface area contributed by atoms with Crippen molar-refractivity contribution >= 4 is 5.82 Å². The van der Waals surface area contributed by atoms with Crippen molar-refractivity contribution in [1.82, 2.24) is 10.2 Å². The molecule has 1 unspecified atom stereocenters. The van der Waals surface area contributed by atoms with Crippen molar-refractivity contribution in [2.24, 2.45) is 0 Å². The van der Waals surface area contributed by atoms with Gasteiger partial charge < -0.3 is 10.0 Å². The second-order valence-electron chi connectivity index (χ2n) is 3.70. The maximum atomic E-state index is 9.16. The highest BCUT2D eigenvalue weighted by Gasteiger charge is 2.24. The molecule has 4 heteroatoms. The number of aromatic nitrogens is 2. The first-order valence-corrected chi connectivity index (χ1v) is 4.99. The van der Waals surface area contributed by atoms with Gasteiger partial charge in [-0.15, -0.1) is 5.10 Å². The van der Waals surface area contributed by atoms with Crippen LogP contribution < -0.4 is 4.90 Å². The van der Waals surface area contributed by atoms with Crippen LogP contribution in [0.5, 0.6) is 0 Å². The fourth-order valence-corrected chi connectivity index (χ4v) is 1.87. The number of hydrogen-bond donors (Lipinski definition) is 1. The van der Waals surface area contributed by atoms with E-state index in [1.165, 1.54) is 0 Å². The molecule has 0 spiro atoms. The number of hydrogen-bond acceptors (Lipinski definition) is 4. The largest absolute Gasteiger partial charge is 0.394 e. The highest BCUT2D eigenvalue weighted by molar-refractivity contribution is 5.40. The first kappa shape index (κ1) is 9.40. The van der Waals surface area contributed by atoms with E-state index in [1.54, 1.807) is 0 Å². The average molecular weight is 193 g/mol. The molecule has 1 aliphatic rings. The molecule has 0 aliphatic carbocycles. The Balaban J connectivity index is 2.17. The van der Waals surface area contributed by atoms with Crippen LogP contribution in [0, 0.1) is 6.92 Å². The van der Waals surface area contributed by atoms with Crippen LogP contribution in [0.4, 0.5) is 5.82 Å². The molecule has 76 valence electrons. The Morgan fingerprint density at radius 3 is 3.00 bits per heavy atom. The van der Waals surface area contributed by atoms with Crippen LogP contribution in [0.2, 0.25) is 0 Å². The Kier molecular flexibility index (Phi) is 2.63. The molecule has 4 nitrogen and oxygen atoms in total. The van der Waals surface area contributed by atoms with Crippen molar-refractivity contribution in [2.45, 2.75) is 25.8 Å². The average Bonchev–Trinajstić information content (AvgIpc) is 2.67. The second kappa shape index (κ2) is 3.92. The van der Waals surface area contributed by atoms with Gasteiger partial charge in [0.15, 0.2) is 5.82 Å². The van der Waals surface area contributed by atoms with Gasteiger partial charge in [0.2, 0.25) is 0 Å². The first-order chi connectivity index (χ1) is 6.81. The molecule has 0 saturated carbocycles. The smallest absolute Gasteiger partial charge is 0.151 e. The standard InChI is InChI=1S/C10H15N3O/c1-8-4-5-10(12-11-8)13-6-2-3-9(13)7-14/h4-5,9,14H,2-3,6-7H2,1H3. The van der Waals surface area contributed by atoms with Crippen LogP contribution in [0.1, 0.15) is 18.5 Å². The van der Waals surface area contributed by atoms with Gasteiger partial charge in [-0.2, -0.15) is 5.10 Å². The molecule has 1 fully saturated rings. The van der Waals surface area contributed by atoms with E-state index in [0.717, 1.165) is 30.9 Å². The second-order valence-corrected chi connectivity index (χ2v) is 3.70. The van der Waals surface area contributed by atoms with E-state index in [0.29, 0.717) is 0 Å². The molecule has 14 heavy (non-hydrogen) atoms. The Morgan fingerprint density at radius 2 is 2.36 bits per heavy atom. The zero-order chi connectivity index (χ0) is 9.97. The van der Waals surface area contributed by atoms with Crippen molar-refractivity contribution < 1.29 is 5.11 Å². The lowest BCUT2D eigenvalue weighted by Gasteiger charge is -2.23. The minimum Gasteiger partial charge on any atom is -0.394 e. The Hall–Kier alpha value is -1.16. The SMILES string of the molecule is Cc1ccc(N2CCCC2CO)nn1. The van der Waals surface area contributed by atoms with Crippen LogP contribution in [-0.4, -0.2) is 34.5 Å². The van der Waals surface area contributed by atoms with Crippen molar-refractivity contribution in [3.63, 3.8) is 0 Å². The highest BCUT2D eigenvalue weighted by Crippen LogP contribution is 2.22. The monoisotopic (exact) mass is 193 g/mol. The van der Waals surface area contributed by atoms with E-state index in [1.807, 2.05) is 19.1 Å². The number of aryl methyl sites for hydroxylation is 1. The number of anilines is 1. The maximum absolute atomic E-state index is 9.16. The molecule has 0 aromatic carbocycles. The topological polar surface area (TPSA) is 49.2 Å². The maximum Gasteiger partial charge on any atom is 0.151 e. The molecule has 0 radical (unpaired) electrons. The zero-order valence-corrected chi connectivity index (χ0v) is 8.35. The van der Waals surface area contributed by atoms with E-state index < -0.39 is 0 Å². The predicted octanol–water partition coefficient (Wildman–Crippen LogP) is 0.746. The highest BCUT2D eigenvalue weighted by atomic mass is 16.3. The molecule has 0 bridgehead atoms. The van der Waals surface area contributed by atoms with Gasteiger partial charge in [0.05, 0.1) is 18.3 Å². The molecular weight excluding hydrogens is 178 g/mol. The van der Waals surface area contributed by atoms with Crippen LogP contribution in [0.3, 0.4) is 0 Å². The van der Waals surface area contributed by atoms with Gasteiger partial charge in [-0.1, -0.05) is 0 Å². The van der Waals surface area contributed by atoms with Crippen molar-refractivity contribution in [3.05, 3.63) is 17.8 Å². The molecule has 2 rings (SSSR count). The van der Waals surface area contributed by atoms with Gasteiger partial charge in [0, 0.05) is 6.54 Å². The van der Waals surface area contributed by atoms with Gasteiger partial charge >= 0.3 is 0 Å². The summed E-state index contributed by atoms with van der Waals surface area (Å²) in [6.07, 6.45) is 2.17. The van der Waals surface area contributed by atoms with E-state index in [4.69, 9.17) is 5.11 Å². The molecule has 1 atom stereocenters. The Bertz CT molecular complexity index is 299. The molecule has 1 N–H and O–H groups in total. The third-order valence-electron chi connectivity index (χ3n) is 2.67. The first-order valence-electron chi connectivity index (χ1n) is 4.99. The molecule has 1 aromatic rings. The molecule has 0 amide bonds. The molecule has 1 aliphatic heterocycles. The summed E-state index contributed by atoms with van der Waals surface area (Å²) in [5.41, 5.74) is 0.925. The van der Waals surface area contributed by atoms with Crippen molar-refractivity contribution in [3.8, 4) is 0 Å². The lowest BCUT2D eigenvalue weighted by atomic mass is 10.2. The lowest BCUT2D eigenvalue weighted by Crippen LogP contribution is -2.32. The minimum absolute atomic E-state index is 0.204. The summed E-state index contributed by atoms with van der Waals surface area (Å²) in [4.78, 5) is 2.13. The van der Waals surface area contributed by atoms with Gasteiger partial charge in [0.1, 0.15) is 0 Å². The van der Waals surface area contributed by atoms with Gasteiger partial charge in [-0.05, 0) is 31.9 Å². The summed E-state index contributed by atoms with van der Waals surface area (Å²) in [5.74, 6) is 0.882.